The number of hydrogen-bond donors (Lipinski definition) is 1. The first-order valence-electron chi connectivity index (χ1n) is 6.21. The Hall–Kier alpha value is -0.620. The third kappa shape index (κ3) is 3.69. The Bertz CT molecular complexity index is 581. The van der Waals surface area contributed by atoms with Crippen molar-refractivity contribution in [3.63, 3.8) is 0 Å². The summed E-state index contributed by atoms with van der Waals surface area (Å²) in [5.74, 6) is 0.833. The lowest BCUT2D eigenvalue weighted by molar-refractivity contribution is 0.680. The van der Waals surface area contributed by atoms with Gasteiger partial charge in [-0.2, -0.15) is 4.37 Å². The van der Waals surface area contributed by atoms with Crippen molar-refractivity contribution in [3.05, 3.63) is 34.6 Å². The van der Waals surface area contributed by atoms with Crippen LogP contribution in [0.2, 0.25) is 5.02 Å². The molecule has 1 saturated carbocycles. The van der Waals surface area contributed by atoms with E-state index >= 15 is 0 Å². The summed E-state index contributed by atoms with van der Waals surface area (Å²) >= 11 is 9.20. The molecule has 0 unspecified atom stereocenters. The summed E-state index contributed by atoms with van der Waals surface area (Å²) in [7, 11) is 0. The molecule has 1 aliphatic carbocycles. The van der Waals surface area contributed by atoms with Crippen LogP contribution in [0.25, 0.3) is 0 Å². The van der Waals surface area contributed by atoms with E-state index in [-0.39, 0.29) is 0 Å². The minimum absolute atomic E-state index is 0.695. The molecule has 0 aliphatic heterocycles. The maximum Gasteiger partial charge on any atom is 0.174 e. The van der Waals surface area contributed by atoms with Gasteiger partial charge in [0.2, 0.25) is 0 Å². The van der Waals surface area contributed by atoms with E-state index in [2.05, 4.69) is 20.7 Å². The number of halogens is 1. The first-order valence-corrected chi connectivity index (χ1v) is 8.17. The Morgan fingerprint density at radius 1 is 1.47 bits per heavy atom. The van der Waals surface area contributed by atoms with Crippen molar-refractivity contribution in [2.45, 2.75) is 41.6 Å². The van der Waals surface area contributed by atoms with Gasteiger partial charge in [-0.05, 0) is 55.1 Å². The fourth-order valence-corrected chi connectivity index (χ4v) is 3.65. The minimum Gasteiger partial charge on any atom is -0.310 e. The molecule has 3 nitrogen and oxygen atoms in total. The average Bonchev–Trinajstić information content (AvgIpc) is 3.13. The van der Waals surface area contributed by atoms with Crippen molar-refractivity contribution in [2.75, 3.05) is 0 Å². The molecule has 0 atom stereocenters. The number of aryl methyl sites for hydroxylation is 1. The van der Waals surface area contributed by atoms with E-state index in [9.17, 15) is 0 Å². The molecule has 1 aliphatic rings. The highest BCUT2D eigenvalue weighted by Gasteiger charge is 2.20. The lowest BCUT2D eigenvalue weighted by atomic mass is 10.2. The Morgan fingerprint density at radius 3 is 3.00 bits per heavy atom. The van der Waals surface area contributed by atoms with Crippen LogP contribution in [-0.4, -0.2) is 15.4 Å². The van der Waals surface area contributed by atoms with Crippen LogP contribution >= 0.6 is 34.9 Å². The minimum atomic E-state index is 0.695. The summed E-state index contributed by atoms with van der Waals surface area (Å²) in [6.45, 7) is 2.78. The van der Waals surface area contributed by atoms with E-state index in [0.717, 1.165) is 21.7 Å². The molecule has 1 N–H and O–H groups in total. The van der Waals surface area contributed by atoms with Gasteiger partial charge in [-0.25, -0.2) is 4.98 Å². The number of rotatable bonds is 5. The van der Waals surface area contributed by atoms with Gasteiger partial charge in [-0.3, -0.25) is 0 Å². The molecule has 1 heterocycles. The van der Waals surface area contributed by atoms with Gasteiger partial charge in [0.1, 0.15) is 5.82 Å². The molecule has 0 saturated heterocycles. The molecular weight excluding hydrogens is 298 g/mol. The zero-order chi connectivity index (χ0) is 13.2. The van der Waals surface area contributed by atoms with Gasteiger partial charge in [-0.15, -0.1) is 0 Å². The van der Waals surface area contributed by atoms with E-state index in [4.69, 9.17) is 11.6 Å². The van der Waals surface area contributed by atoms with Gasteiger partial charge in [0.15, 0.2) is 4.34 Å². The Labute approximate surface area is 126 Å². The highest BCUT2D eigenvalue weighted by atomic mass is 35.5. The van der Waals surface area contributed by atoms with Crippen LogP contribution < -0.4 is 5.32 Å². The molecule has 0 radical (unpaired) electrons. The predicted octanol–water partition coefficient (Wildman–Crippen LogP) is 3.90. The summed E-state index contributed by atoms with van der Waals surface area (Å²) in [6, 6.07) is 6.72. The normalized spacial score (nSPS) is 14.8. The van der Waals surface area contributed by atoms with Crippen molar-refractivity contribution in [2.24, 2.45) is 0 Å². The number of benzene rings is 1. The number of hydrogen-bond acceptors (Lipinski definition) is 5. The summed E-state index contributed by atoms with van der Waals surface area (Å²) in [5.41, 5.74) is 1.23. The largest absolute Gasteiger partial charge is 0.310 e. The Morgan fingerprint density at radius 2 is 2.32 bits per heavy atom. The van der Waals surface area contributed by atoms with Crippen LogP contribution in [0.5, 0.6) is 0 Å². The summed E-state index contributed by atoms with van der Waals surface area (Å²) in [6.07, 6.45) is 2.58. The molecular formula is C13H14ClN3S2. The highest BCUT2D eigenvalue weighted by molar-refractivity contribution is 8.01. The van der Waals surface area contributed by atoms with Gasteiger partial charge in [0.05, 0.1) is 0 Å². The van der Waals surface area contributed by atoms with E-state index < -0.39 is 0 Å². The van der Waals surface area contributed by atoms with E-state index in [1.54, 1.807) is 11.8 Å². The second kappa shape index (κ2) is 5.79. The van der Waals surface area contributed by atoms with E-state index in [1.807, 2.05) is 19.1 Å². The zero-order valence-electron chi connectivity index (χ0n) is 10.5. The van der Waals surface area contributed by atoms with Crippen molar-refractivity contribution in [1.82, 2.24) is 14.7 Å². The molecule has 0 spiro atoms. The van der Waals surface area contributed by atoms with Crippen molar-refractivity contribution in [3.8, 4) is 0 Å². The maximum atomic E-state index is 6.09. The molecule has 19 heavy (non-hydrogen) atoms. The first-order chi connectivity index (χ1) is 9.20. The summed E-state index contributed by atoms with van der Waals surface area (Å²) < 4.78 is 5.19. The fourth-order valence-electron chi connectivity index (χ4n) is 1.74. The molecule has 1 aromatic heterocycles. The molecule has 3 rings (SSSR count). The average molecular weight is 312 g/mol. The number of nitrogens with one attached hydrogen (secondary N) is 1. The SMILES string of the molecule is Cc1nsc(Sc2ccc(Cl)cc2CNC2CC2)n1. The number of aromatic nitrogens is 2. The van der Waals surface area contributed by atoms with Crippen LogP contribution in [0.3, 0.4) is 0 Å². The van der Waals surface area contributed by atoms with E-state index in [1.165, 1.54) is 34.8 Å². The monoisotopic (exact) mass is 311 g/mol. The number of nitrogens with zero attached hydrogens (tertiary/aromatic N) is 2. The second-order valence-electron chi connectivity index (χ2n) is 4.62. The second-order valence-corrected chi connectivity index (χ2v) is 7.09. The quantitative estimate of drug-likeness (QED) is 0.908. The predicted molar refractivity (Wildman–Crippen MR) is 80.1 cm³/mol. The first kappa shape index (κ1) is 13.4. The van der Waals surface area contributed by atoms with Gasteiger partial charge in [0.25, 0.3) is 0 Å². The van der Waals surface area contributed by atoms with Crippen LogP contribution in [-0.2, 0) is 6.54 Å². The van der Waals surface area contributed by atoms with Crippen LogP contribution in [0, 0.1) is 6.92 Å². The smallest absolute Gasteiger partial charge is 0.174 e. The van der Waals surface area contributed by atoms with Crippen molar-refractivity contribution >= 4 is 34.9 Å². The summed E-state index contributed by atoms with van der Waals surface area (Å²) in [4.78, 5) is 5.60. The van der Waals surface area contributed by atoms with Crippen molar-refractivity contribution < 1.29 is 0 Å². The standard InChI is InChI=1S/C13H14ClN3S2/c1-8-16-13(19-17-8)18-12-5-2-10(14)6-9(12)7-15-11-3-4-11/h2,5-6,11,15H,3-4,7H2,1H3. The molecule has 0 bridgehead atoms. The van der Waals surface area contributed by atoms with Crippen LogP contribution in [0.1, 0.15) is 24.2 Å². The lowest BCUT2D eigenvalue weighted by Crippen LogP contribution is -2.15. The lowest BCUT2D eigenvalue weighted by Gasteiger charge is -2.09. The maximum absolute atomic E-state index is 6.09. The van der Waals surface area contributed by atoms with Gasteiger partial charge < -0.3 is 5.32 Å². The van der Waals surface area contributed by atoms with Crippen molar-refractivity contribution in [1.29, 1.82) is 0 Å². The highest BCUT2D eigenvalue weighted by Crippen LogP contribution is 2.33. The van der Waals surface area contributed by atoms with Crippen LogP contribution in [0.15, 0.2) is 27.4 Å². The summed E-state index contributed by atoms with van der Waals surface area (Å²) in [5, 5.41) is 4.31. The van der Waals surface area contributed by atoms with E-state index in [0.29, 0.717) is 6.04 Å². The third-order valence-electron chi connectivity index (χ3n) is 2.89. The van der Waals surface area contributed by atoms with Gasteiger partial charge >= 0.3 is 0 Å². The Balaban J connectivity index is 1.77. The molecule has 100 valence electrons. The van der Waals surface area contributed by atoms with Crippen LogP contribution in [0.4, 0.5) is 0 Å². The molecule has 6 heteroatoms. The van der Waals surface area contributed by atoms with Gasteiger partial charge in [-0.1, -0.05) is 23.4 Å². The fraction of sp³-hybridized carbons (Fsp3) is 0.385. The topological polar surface area (TPSA) is 37.8 Å². The molecule has 2 aromatic rings. The molecule has 1 fully saturated rings. The van der Waals surface area contributed by atoms with Gasteiger partial charge in [0, 0.05) is 22.5 Å². The zero-order valence-corrected chi connectivity index (χ0v) is 12.9. The molecule has 0 amide bonds. The Kier molecular flexibility index (Phi) is 4.07. The molecule has 1 aromatic carbocycles. The third-order valence-corrected chi connectivity index (χ3v) is 5.08.